The maximum atomic E-state index is 13.7. The Labute approximate surface area is 158 Å². The van der Waals surface area contributed by atoms with Crippen LogP contribution >= 0.6 is 11.6 Å². The molecule has 136 valence electrons. The largest absolute Gasteiger partial charge is 0.296 e. The molecule has 0 spiro atoms. The number of hydrazone groups is 1. The van der Waals surface area contributed by atoms with E-state index < -0.39 is 11.7 Å². The van der Waals surface area contributed by atoms with Gasteiger partial charge in [0.2, 0.25) is 0 Å². The van der Waals surface area contributed by atoms with E-state index in [1.165, 1.54) is 24.3 Å². The molecule has 1 amide bonds. The highest BCUT2D eigenvalue weighted by molar-refractivity contribution is 6.33. The van der Waals surface area contributed by atoms with Crippen molar-refractivity contribution in [3.63, 3.8) is 0 Å². The number of benzene rings is 2. The maximum Gasteiger partial charge on any atom is 0.271 e. The highest BCUT2D eigenvalue weighted by Gasteiger charge is 2.17. The molecule has 2 heterocycles. The normalized spacial score (nSPS) is 13.3. The molecule has 3 aromatic rings. The Morgan fingerprint density at radius 1 is 1.33 bits per heavy atom. The Balaban J connectivity index is 1.59. The number of halogens is 2. The summed E-state index contributed by atoms with van der Waals surface area (Å²) in [6.45, 7) is 0.673. The highest BCUT2D eigenvalue weighted by Crippen LogP contribution is 2.17. The lowest BCUT2D eigenvalue weighted by Gasteiger charge is -2.06. The summed E-state index contributed by atoms with van der Waals surface area (Å²) in [5, 5.41) is 4.42. The van der Waals surface area contributed by atoms with Gasteiger partial charge in [0, 0.05) is 24.1 Å². The first-order valence-electron chi connectivity index (χ1n) is 8.35. The molecule has 27 heavy (non-hydrogen) atoms. The second kappa shape index (κ2) is 6.92. The number of hydrogen-bond donors (Lipinski definition) is 1. The first-order chi connectivity index (χ1) is 13.0. The van der Waals surface area contributed by atoms with Gasteiger partial charge in [0.05, 0.1) is 22.1 Å². The van der Waals surface area contributed by atoms with Crippen LogP contribution in [0, 0.1) is 5.82 Å². The summed E-state index contributed by atoms with van der Waals surface area (Å²) in [7, 11) is 0. The Kier molecular flexibility index (Phi) is 4.45. The van der Waals surface area contributed by atoms with Gasteiger partial charge < -0.3 is 0 Å². The molecule has 0 unspecified atom stereocenters. The van der Waals surface area contributed by atoms with Crippen molar-refractivity contribution < 1.29 is 9.18 Å². The number of carbonyl (C=O) groups excluding carboxylic acids is 1. The number of nitrogens with one attached hydrogen (secondary N) is 1. The average molecular weight is 385 g/mol. The van der Waals surface area contributed by atoms with E-state index in [0.29, 0.717) is 23.0 Å². The van der Waals surface area contributed by atoms with Gasteiger partial charge in [0.15, 0.2) is 0 Å². The standard InChI is InChI=1S/C19H14ClFN4O2/c20-14-3-1-4-15(21)13(14)10-22-24-18(26)11-6-7-12-16(9-11)23-17-5-2-8-25(17)19(12)27/h1,3-4,6-7,9-10H,2,5,8H2,(H,24,26)/b22-10-. The van der Waals surface area contributed by atoms with Gasteiger partial charge in [-0.2, -0.15) is 5.10 Å². The van der Waals surface area contributed by atoms with Crippen molar-refractivity contribution in [3.05, 3.63) is 74.5 Å². The van der Waals surface area contributed by atoms with Crippen LogP contribution in [0.15, 0.2) is 46.3 Å². The van der Waals surface area contributed by atoms with E-state index in [9.17, 15) is 14.0 Å². The molecule has 4 rings (SSSR count). The molecule has 2 aromatic carbocycles. The number of aromatic nitrogens is 2. The van der Waals surface area contributed by atoms with Gasteiger partial charge >= 0.3 is 0 Å². The monoisotopic (exact) mass is 384 g/mol. The van der Waals surface area contributed by atoms with Crippen molar-refractivity contribution in [2.24, 2.45) is 5.10 Å². The fraction of sp³-hybridized carbons (Fsp3) is 0.158. The summed E-state index contributed by atoms with van der Waals surface area (Å²) >= 11 is 5.90. The van der Waals surface area contributed by atoms with E-state index in [2.05, 4.69) is 15.5 Å². The molecule has 0 aliphatic carbocycles. The van der Waals surface area contributed by atoms with E-state index in [1.807, 2.05) is 0 Å². The summed E-state index contributed by atoms with van der Waals surface area (Å²) in [5.74, 6) is -0.301. The Hall–Kier alpha value is -3.06. The summed E-state index contributed by atoms with van der Waals surface area (Å²) in [6, 6.07) is 8.93. The van der Waals surface area contributed by atoms with E-state index in [0.717, 1.165) is 24.9 Å². The number of carbonyl (C=O) groups is 1. The fourth-order valence-electron chi connectivity index (χ4n) is 3.08. The van der Waals surface area contributed by atoms with E-state index in [-0.39, 0.29) is 16.1 Å². The zero-order valence-corrected chi connectivity index (χ0v) is 14.8. The molecule has 0 atom stereocenters. The lowest BCUT2D eigenvalue weighted by atomic mass is 10.1. The lowest BCUT2D eigenvalue weighted by Crippen LogP contribution is -2.22. The smallest absolute Gasteiger partial charge is 0.271 e. The van der Waals surface area contributed by atoms with Crippen molar-refractivity contribution in [3.8, 4) is 0 Å². The molecular weight excluding hydrogens is 371 g/mol. The number of hydrogen-bond acceptors (Lipinski definition) is 4. The van der Waals surface area contributed by atoms with E-state index in [1.54, 1.807) is 16.7 Å². The second-order valence-electron chi connectivity index (χ2n) is 6.15. The lowest BCUT2D eigenvalue weighted by molar-refractivity contribution is 0.0955. The molecule has 1 N–H and O–H groups in total. The molecule has 0 radical (unpaired) electrons. The zero-order valence-electron chi connectivity index (χ0n) is 14.1. The van der Waals surface area contributed by atoms with Crippen LogP contribution in [-0.2, 0) is 13.0 Å². The molecule has 0 fully saturated rings. The topological polar surface area (TPSA) is 76.3 Å². The second-order valence-corrected chi connectivity index (χ2v) is 6.56. The summed E-state index contributed by atoms with van der Waals surface area (Å²) in [5.41, 5.74) is 3.10. The van der Waals surface area contributed by atoms with Crippen molar-refractivity contribution in [1.82, 2.24) is 15.0 Å². The predicted molar refractivity (Wildman–Crippen MR) is 101 cm³/mol. The molecule has 0 saturated heterocycles. The van der Waals surface area contributed by atoms with Crippen LogP contribution in [0.1, 0.15) is 28.2 Å². The van der Waals surface area contributed by atoms with Crippen molar-refractivity contribution in [1.29, 1.82) is 0 Å². The number of rotatable bonds is 3. The third-order valence-electron chi connectivity index (χ3n) is 4.44. The Bertz CT molecular complexity index is 1140. The fourth-order valence-corrected chi connectivity index (χ4v) is 3.29. The maximum absolute atomic E-state index is 13.7. The van der Waals surface area contributed by atoms with Crippen LogP contribution in [0.4, 0.5) is 4.39 Å². The SMILES string of the molecule is O=C(N/N=C\c1c(F)cccc1Cl)c1ccc2c(=O)n3c(nc2c1)CCC3. The Morgan fingerprint density at radius 3 is 3.00 bits per heavy atom. The quantitative estimate of drug-likeness (QED) is 0.557. The number of amides is 1. The van der Waals surface area contributed by atoms with Crippen molar-refractivity contribution in [2.75, 3.05) is 0 Å². The summed E-state index contributed by atoms with van der Waals surface area (Å²) < 4.78 is 15.4. The van der Waals surface area contributed by atoms with E-state index >= 15 is 0 Å². The molecule has 1 aromatic heterocycles. The first-order valence-corrected chi connectivity index (χ1v) is 8.73. The van der Waals surface area contributed by atoms with Gasteiger partial charge in [-0.15, -0.1) is 0 Å². The summed E-state index contributed by atoms with van der Waals surface area (Å²) in [6.07, 6.45) is 2.78. The van der Waals surface area contributed by atoms with Crippen LogP contribution in [-0.4, -0.2) is 21.7 Å². The molecule has 1 aliphatic heterocycles. The molecule has 6 nitrogen and oxygen atoms in total. The third-order valence-corrected chi connectivity index (χ3v) is 4.77. The molecule has 1 aliphatic rings. The Morgan fingerprint density at radius 2 is 2.19 bits per heavy atom. The van der Waals surface area contributed by atoms with Crippen LogP contribution in [0.3, 0.4) is 0 Å². The van der Waals surface area contributed by atoms with Gasteiger partial charge in [0.1, 0.15) is 11.6 Å². The average Bonchev–Trinajstić information content (AvgIpc) is 3.12. The van der Waals surface area contributed by atoms with Gasteiger partial charge in [-0.3, -0.25) is 14.2 Å². The molecule has 0 bridgehead atoms. The molecular formula is C19H14ClFN4O2. The van der Waals surface area contributed by atoms with Crippen molar-refractivity contribution >= 4 is 34.6 Å². The minimum absolute atomic E-state index is 0.0863. The van der Waals surface area contributed by atoms with Crippen LogP contribution in [0.2, 0.25) is 5.02 Å². The molecule has 8 heteroatoms. The number of nitrogens with zero attached hydrogens (tertiary/aromatic N) is 3. The van der Waals surface area contributed by atoms with Gasteiger partial charge in [-0.1, -0.05) is 17.7 Å². The number of fused-ring (bicyclic) bond motifs is 2. The van der Waals surface area contributed by atoms with Gasteiger partial charge in [-0.05, 0) is 36.8 Å². The third kappa shape index (κ3) is 3.21. The predicted octanol–water partition coefficient (Wildman–Crippen LogP) is 2.90. The first kappa shape index (κ1) is 17.4. The minimum Gasteiger partial charge on any atom is -0.296 e. The minimum atomic E-state index is -0.537. The van der Waals surface area contributed by atoms with Crippen molar-refractivity contribution in [2.45, 2.75) is 19.4 Å². The highest BCUT2D eigenvalue weighted by atomic mass is 35.5. The van der Waals surface area contributed by atoms with Crippen LogP contribution in [0.25, 0.3) is 10.9 Å². The van der Waals surface area contributed by atoms with Gasteiger partial charge in [-0.25, -0.2) is 14.8 Å². The van der Waals surface area contributed by atoms with Crippen LogP contribution in [0.5, 0.6) is 0 Å². The van der Waals surface area contributed by atoms with E-state index in [4.69, 9.17) is 11.6 Å². The van der Waals surface area contributed by atoms with Crippen LogP contribution < -0.4 is 11.0 Å². The summed E-state index contributed by atoms with van der Waals surface area (Å²) in [4.78, 5) is 29.2. The van der Waals surface area contributed by atoms with Gasteiger partial charge in [0.25, 0.3) is 11.5 Å². The zero-order chi connectivity index (χ0) is 19.0. The molecule has 0 saturated carbocycles. The number of aryl methyl sites for hydroxylation is 1.